The highest BCUT2D eigenvalue weighted by Crippen LogP contribution is 2.35. The van der Waals surface area contributed by atoms with Gasteiger partial charge >= 0.3 is 18.1 Å². The number of carbonyl (C=O) groups is 3. The molecule has 3 aromatic rings. The minimum atomic E-state index is -0.986. The van der Waals surface area contributed by atoms with Gasteiger partial charge in [0.15, 0.2) is 0 Å². The van der Waals surface area contributed by atoms with Crippen molar-refractivity contribution in [1.29, 1.82) is 0 Å². The number of pyridine rings is 1. The van der Waals surface area contributed by atoms with Crippen LogP contribution in [0.3, 0.4) is 0 Å². The summed E-state index contributed by atoms with van der Waals surface area (Å²) in [5.74, 6) is -0.0273. The summed E-state index contributed by atoms with van der Waals surface area (Å²) in [6.45, 7) is 4.56. The van der Waals surface area contributed by atoms with E-state index in [9.17, 15) is 14.4 Å². The standard InChI is InChI=1S/C30H32N4O6/c1-20-23(10-13-27(31-20)40-25-11-8-22(9-12-25)28(35)36)18-32-16-14-24(15-17-32)34-26(21-6-4-3-5-7-21)19-33(29(34)37)30(38)39-2/h3-13,24,26H,14-19H2,1-2H3,(H,35,36). The van der Waals surface area contributed by atoms with E-state index in [0.717, 1.165) is 49.3 Å². The van der Waals surface area contributed by atoms with E-state index in [4.69, 9.17) is 14.6 Å². The van der Waals surface area contributed by atoms with Crippen LogP contribution in [0, 0.1) is 6.92 Å². The molecule has 0 radical (unpaired) electrons. The van der Waals surface area contributed by atoms with Crippen LogP contribution in [-0.4, -0.2) is 75.7 Å². The average Bonchev–Trinajstić information content (AvgIpc) is 3.32. The first-order valence-electron chi connectivity index (χ1n) is 13.3. The van der Waals surface area contributed by atoms with Crippen molar-refractivity contribution in [2.75, 3.05) is 26.7 Å². The van der Waals surface area contributed by atoms with E-state index in [1.807, 2.05) is 54.3 Å². The number of carboxylic acids is 1. The SMILES string of the molecule is COC(=O)N1CC(c2ccccc2)N(C2CCN(Cc3ccc(Oc4ccc(C(=O)O)cc4)nc3C)CC2)C1=O. The molecule has 3 amide bonds. The first-order valence-corrected chi connectivity index (χ1v) is 13.3. The van der Waals surface area contributed by atoms with E-state index in [2.05, 4.69) is 9.88 Å². The molecule has 2 aliphatic heterocycles. The van der Waals surface area contributed by atoms with Gasteiger partial charge in [-0.05, 0) is 55.2 Å². The van der Waals surface area contributed by atoms with Gasteiger partial charge in [-0.1, -0.05) is 36.4 Å². The molecule has 0 bridgehead atoms. The quantitative estimate of drug-likeness (QED) is 0.438. The second kappa shape index (κ2) is 11.7. The van der Waals surface area contributed by atoms with Crippen LogP contribution < -0.4 is 4.74 Å². The maximum atomic E-state index is 13.3. The number of imide groups is 1. The molecule has 10 heteroatoms. The number of aromatic nitrogens is 1. The van der Waals surface area contributed by atoms with E-state index in [1.165, 1.54) is 24.1 Å². The Hall–Kier alpha value is -4.44. The van der Waals surface area contributed by atoms with E-state index < -0.39 is 12.1 Å². The van der Waals surface area contributed by atoms with Crippen LogP contribution in [-0.2, 0) is 11.3 Å². The van der Waals surface area contributed by atoms with E-state index in [-0.39, 0.29) is 30.2 Å². The highest BCUT2D eigenvalue weighted by atomic mass is 16.5. The predicted octanol–water partition coefficient (Wildman–Crippen LogP) is 5.09. The first kappa shape index (κ1) is 27.1. The van der Waals surface area contributed by atoms with Crippen molar-refractivity contribution in [1.82, 2.24) is 19.7 Å². The minimum absolute atomic E-state index is 0.0196. The van der Waals surface area contributed by atoms with Crippen LogP contribution in [0.1, 0.15) is 46.1 Å². The highest BCUT2D eigenvalue weighted by molar-refractivity contribution is 5.93. The number of amides is 3. The summed E-state index contributed by atoms with van der Waals surface area (Å²) in [5.41, 5.74) is 3.14. The number of hydrogen-bond donors (Lipinski definition) is 1. The lowest BCUT2D eigenvalue weighted by Gasteiger charge is -2.39. The molecule has 0 saturated carbocycles. The third-order valence-corrected chi connectivity index (χ3v) is 7.56. The Balaban J connectivity index is 1.21. The fraction of sp³-hybridized carbons (Fsp3) is 0.333. The maximum absolute atomic E-state index is 13.3. The van der Waals surface area contributed by atoms with Gasteiger partial charge in [-0.25, -0.2) is 24.3 Å². The summed E-state index contributed by atoms with van der Waals surface area (Å²) in [5, 5.41) is 9.05. The van der Waals surface area contributed by atoms with Crippen molar-refractivity contribution < 1.29 is 29.0 Å². The zero-order valence-electron chi connectivity index (χ0n) is 22.5. The molecular weight excluding hydrogens is 512 g/mol. The number of ether oxygens (including phenoxy) is 2. The number of urea groups is 1. The minimum Gasteiger partial charge on any atom is -0.478 e. The average molecular weight is 545 g/mol. The Morgan fingerprint density at radius 2 is 1.70 bits per heavy atom. The molecule has 2 saturated heterocycles. The van der Waals surface area contributed by atoms with Gasteiger partial charge in [0.05, 0.1) is 25.3 Å². The van der Waals surface area contributed by atoms with Crippen molar-refractivity contribution in [2.24, 2.45) is 0 Å². The molecule has 0 spiro atoms. The van der Waals surface area contributed by atoms with Gasteiger partial charge in [0, 0.05) is 37.4 Å². The Bertz CT molecular complexity index is 1370. The van der Waals surface area contributed by atoms with Crippen LogP contribution in [0.2, 0.25) is 0 Å². The number of likely N-dealkylation sites (tertiary alicyclic amines) is 1. The van der Waals surface area contributed by atoms with Gasteiger partial charge in [-0.2, -0.15) is 0 Å². The number of methoxy groups -OCH3 is 1. The summed E-state index contributed by atoms with van der Waals surface area (Å²) in [6.07, 6.45) is 0.965. The van der Waals surface area contributed by atoms with Gasteiger partial charge in [-0.15, -0.1) is 0 Å². The van der Waals surface area contributed by atoms with E-state index in [1.54, 1.807) is 12.1 Å². The van der Waals surface area contributed by atoms with Crippen molar-refractivity contribution in [2.45, 2.75) is 38.4 Å². The fourth-order valence-corrected chi connectivity index (χ4v) is 5.40. The molecule has 2 fully saturated rings. The van der Waals surface area contributed by atoms with Crippen molar-refractivity contribution in [3.63, 3.8) is 0 Å². The number of rotatable bonds is 7. The molecule has 1 unspecified atom stereocenters. The topological polar surface area (TPSA) is 113 Å². The number of aromatic carboxylic acids is 1. The highest BCUT2D eigenvalue weighted by Gasteiger charge is 2.45. The summed E-state index contributed by atoms with van der Waals surface area (Å²) in [4.78, 5) is 46.6. The third kappa shape index (κ3) is 5.76. The third-order valence-electron chi connectivity index (χ3n) is 7.56. The Labute approximate surface area is 232 Å². The van der Waals surface area contributed by atoms with Crippen molar-refractivity contribution >= 4 is 18.1 Å². The maximum Gasteiger partial charge on any atom is 0.417 e. The van der Waals surface area contributed by atoms with Crippen molar-refractivity contribution in [3.8, 4) is 11.6 Å². The molecule has 1 N–H and O–H groups in total. The zero-order chi connectivity index (χ0) is 28.2. The Morgan fingerprint density at radius 1 is 1.00 bits per heavy atom. The number of hydrogen-bond acceptors (Lipinski definition) is 7. The summed E-state index contributed by atoms with van der Waals surface area (Å²) in [6, 6.07) is 19.4. The lowest BCUT2D eigenvalue weighted by Crippen LogP contribution is -2.47. The monoisotopic (exact) mass is 544 g/mol. The van der Waals surface area contributed by atoms with Crippen LogP contribution in [0.15, 0.2) is 66.7 Å². The summed E-state index contributed by atoms with van der Waals surface area (Å²) < 4.78 is 10.7. The van der Waals surface area contributed by atoms with Crippen LogP contribution in [0.4, 0.5) is 9.59 Å². The number of piperidine rings is 1. The van der Waals surface area contributed by atoms with Crippen molar-refractivity contribution in [3.05, 3.63) is 89.1 Å². The molecule has 1 aromatic heterocycles. The van der Waals surface area contributed by atoms with Gasteiger partial charge in [-0.3, -0.25) is 4.90 Å². The first-order chi connectivity index (χ1) is 19.3. The largest absolute Gasteiger partial charge is 0.478 e. The van der Waals surface area contributed by atoms with Crippen LogP contribution >= 0.6 is 0 Å². The second-order valence-electron chi connectivity index (χ2n) is 10.0. The van der Waals surface area contributed by atoms with Gasteiger partial charge in [0.25, 0.3) is 0 Å². The zero-order valence-corrected chi connectivity index (χ0v) is 22.5. The normalized spacial score (nSPS) is 18.1. The molecule has 2 aromatic carbocycles. The molecule has 0 aliphatic carbocycles. The Morgan fingerprint density at radius 3 is 2.33 bits per heavy atom. The summed E-state index contributed by atoms with van der Waals surface area (Å²) in [7, 11) is 1.29. The summed E-state index contributed by atoms with van der Waals surface area (Å²) >= 11 is 0. The second-order valence-corrected chi connectivity index (χ2v) is 10.0. The van der Waals surface area contributed by atoms with Gasteiger partial charge in [0.2, 0.25) is 5.88 Å². The van der Waals surface area contributed by atoms with E-state index in [0.29, 0.717) is 11.6 Å². The number of benzene rings is 2. The predicted molar refractivity (Wildman–Crippen MR) is 146 cm³/mol. The number of carboxylic acid groups (broad SMARTS) is 1. The van der Waals surface area contributed by atoms with Crippen LogP contribution in [0.25, 0.3) is 0 Å². The van der Waals surface area contributed by atoms with Gasteiger partial charge in [0.1, 0.15) is 5.75 Å². The fourth-order valence-electron chi connectivity index (χ4n) is 5.40. The molecule has 2 aliphatic rings. The van der Waals surface area contributed by atoms with E-state index >= 15 is 0 Å². The van der Waals surface area contributed by atoms with Crippen LogP contribution in [0.5, 0.6) is 11.6 Å². The lowest BCUT2D eigenvalue weighted by atomic mass is 9.98. The number of nitrogens with zero attached hydrogens (tertiary/aromatic N) is 4. The molecule has 1 atom stereocenters. The number of carbonyl (C=O) groups excluding carboxylic acids is 2. The number of aryl methyl sites for hydroxylation is 1. The lowest BCUT2D eigenvalue weighted by molar-refractivity contribution is 0.0696. The van der Waals surface area contributed by atoms with Gasteiger partial charge < -0.3 is 19.5 Å². The molecule has 3 heterocycles. The molecule has 40 heavy (non-hydrogen) atoms. The Kier molecular flexibility index (Phi) is 7.97. The molecule has 208 valence electrons. The molecule has 5 rings (SSSR count). The molecule has 10 nitrogen and oxygen atoms in total. The smallest absolute Gasteiger partial charge is 0.417 e. The molecular formula is C30H32N4O6.